The molecule has 1 atom stereocenters. The summed E-state index contributed by atoms with van der Waals surface area (Å²) in [5.41, 5.74) is 3.79. The minimum atomic E-state index is -1.08. The van der Waals surface area contributed by atoms with Crippen molar-refractivity contribution in [3.63, 3.8) is 0 Å². The average molecular weight is 537 g/mol. The second-order valence-electron chi connectivity index (χ2n) is 7.91. The number of nitrogens with one attached hydrogen (secondary N) is 1. The number of carboxylic acids is 1. The molecular formula is C26H21ClN4O5S. The summed E-state index contributed by atoms with van der Waals surface area (Å²) in [6.07, 6.45) is -0.650. The molecule has 2 heterocycles. The fourth-order valence-corrected chi connectivity index (χ4v) is 4.79. The van der Waals surface area contributed by atoms with Gasteiger partial charge in [-0.05, 0) is 35.9 Å². The largest absolute Gasteiger partial charge is 0.493 e. The molecule has 0 amide bonds. The molecular weight excluding hydrogens is 516 g/mol. The van der Waals surface area contributed by atoms with Crippen LogP contribution in [0.3, 0.4) is 0 Å². The maximum Gasteiger partial charge on any atom is 0.341 e. The van der Waals surface area contributed by atoms with E-state index < -0.39 is 18.8 Å². The summed E-state index contributed by atoms with van der Waals surface area (Å²) in [6, 6.07) is 20.4. The van der Waals surface area contributed by atoms with Crippen LogP contribution >= 0.6 is 23.4 Å². The molecule has 0 saturated carbocycles. The monoisotopic (exact) mass is 536 g/mol. The van der Waals surface area contributed by atoms with Crippen molar-refractivity contribution in [3.05, 3.63) is 82.9 Å². The number of aromatic nitrogens is 3. The van der Waals surface area contributed by atoms with Gasteiger partial charge in [0.1, 0.15) is 0 Å². The zero-order chi connectivity index (χ0) is 25.8. The smallest absolute Gasteiger partial charge is 0.341 e. The van der Waals surface area contributed by atoms with E-state index in [1.807, 2.05) is 48.5 Å². The van der Waals surface area contributed by atoms with Crippen LogP contribution in [0.25, 0.3) is 11.3 Å². The Morgan fingerprint density at radius 3 is 2.73 bits per heavy atom. The number of benzene rings is 3. The average Bonchev–Trinajstić information content (AvgIpc) is 3.08. The Labute approximate surface area is 221 Å². The molecule has 0 saturated heterocycles. The lowest BCUT2D eigenvalue weighted by Gasteiger charge is -2.20. The highest BCUT2D eigenvalue weighted by atomic mass is 35.5. The van der Waals surface area contributed by atoms with Crippen LogP contribution in [0.5, 0.6) is 17.4 Å². The zero-order valence-electron chi connectivity index (χ0n) is 19.6. The number of aliphatic carboxylic acids is 1. The number of halogens is 1. The van der Waals surface area contributed by atoms with Gasteiger partial charge in [0.15, 0.2) is 30.0 Å². The van der Waals surface area contributed by atoms with Gasteiger partial charge >= 0.3 is 5.97 Å². The lowest BCUT2D eigenvalue weighted by molar-refractivity contribution is -0.139. The first-order valence-electron chi connectivity index (χ1n) is 11.2. The minimum Gasteiger partial charge on any atom is -0.493 e. The quantitative estimate of drug-likeness (QED) is 0.281. The number of para-hydroxylation sites is 1. The number of carbonyl (C=O) groups is 1. The zero-order valence-corrected chi connectivity index (χ0v) is 21.1. The first-order chi connectivity index (χ1) is 18.0. The van der Waals surface area contributed by atoms with Gasteiger partial charge in [-0.3, -0.25) is 0 Å². The molecule has 0 unspecified atom stereocenters. The Kier molecular flexibility index (Phi) is 7.29. The number of anilines is 1. The second kappa shape index (κ2) is 10.9. The molecule has 1 aromatic heterocycles. The third kappa shape index (κ3) is 5.55. The fraction of sp³-hybridized carbons (Fsp3) is 0.154. The number of hydrogen-bond donors (Lipinski definition) is 2. The Morgan fingerprint density at radius 2 is 1.92 bits per heavy atom. The van der Waals surface area contributed by atoms with E-state index in [1.54, 1.807) is 18.2 Å². The minimum absolute atomic E-state index is 0.310. The lowest BCUT2D eigenvalue weighted by atomic mass is 10.1. The van der Waals surface area contributed by atoms with Gasteiger partial charge in [-0.2, -0.15) is 4.98 Å². The number of ether oxygens (including phenoxy) is 3. The molecule has 188 valence electrons. The van der Waals surface area contributed by atoms with Gasteiger partial charge in [0, 0.05) is 27.6 Å². The van der Waals surface area contributed by atoms with Crippen molar-refractivity contribution in [1.29, 1.82) is 0 Å². The summed E-state index contributed by atoms with van der Waals surface area (Å²) in [5.74, 6) is 0.504. The third-order valence-electron chi connectivity index (χ3n) is 5.49. The molecule has 9 nitrogen and oxygen atoms in total. The summed E-state index contributed by atoms with van der Waals surface area (Å²) in [4.78, 5) is 15.6. The molecule has 0 aliphatic carbocycles. The topological polar surface area (TPSA) is 116 Å². The SMILES string of the molecule is COc1cc([C@@H]2Nc3ccccc3-c3nnc(SCc4ccccc4Cl)nc3O2)ccc1OCC(=O)O. The summed E-state index contributed by atoms with van der Waals surface area (Å²) < 4.78 is 17.1. The van der Waals surface area contributed by atoms with Crippen molar-refractivity contribution in [3.8, 4) is 28.6 Å². The van der Waals surface area contributed by atoms with E-state index in [0.29, 0.717) is 44.6 Å². The molecule has 5 rings (SSSR count). The number of hydrogen-bond acceptors (Lipinski definition) is 9. The summed E-state index contributed by atoms with van der Waals surface area (Å²) in [6.45, 7) is -0.480. The van der Waals surface area contributed by atoms with Gasteiger partial charge in [-0.15, -0.1) is 10.2 Å². The van der Waals surface area contributed by atoms with Crippen LogP contribution in [0.1, 0.15) is 17.4 Å². The van der Waals surface area contributed by atoms with E-state index >= 15 is 0 Å². The number of methoxy groups -OCH3 is 1. The van der Waals surface area contributed by atoms with Gasteiger partial charge < -0.3 is 24.6 Å². The molecule has 0 bridgehead atoms. The molecule has 0 spiro atoms. The predicted molar refractivity (Wildman–Crippen MR) is 139 cm³/mol. The van der Waals surface area contributed by atoms with Crippen LogP contribution in [0, 0.1) is 0 Å². The number of rotatable bonds is 8. The number of fused-ring (bicyclic) bond motifs is 3. The van der Waals surface area contributed by atoms with Crippen LogP contribution < -0.4 is 19.5 Å². The van der Waals surface area contributed by atoms with Crippen molar-refractivity contribution in [2.75, 3.05) is 19.0 Å². The van der Waals surface area contributed by atoms with Gasteiger partial charge in [-0.1, -0.05) is 59.8 Å². The Hall–Kier alpha value is -4.02. The van der Waals surface area contributed by atoms with Gasteiger partial charge in [0.05, 0.1) is 7.11 Å². The summed E-state index contributed by atoms with van der Waals surface area (Å²) >= 11 is 7.70. The molecule has 4 aromatic rings. The number of carboxylic acid groups (broad SMARTS) is 1. The fourth-order valence-electron chi connectivity index (χ4n) is 3.72. The highest BCUT2D eigenvalue weighted by Crippen LogP contribution is 2.41. The Morgan fingerprint density at radius 1 is 1.11 bits per heavy atom. The van der Waals surface area contributed by atoms with Crippen LogP contribution in [-0.4, -0.2) is 40.0 Å². The van der Waals surface area contributed by atoms with E-state index in [1.165, 1.54) is 18.9 Å². The van der Waals surface area contributed by atoms with Crippen molar-refractivity contribution < 1.29 is 24.1 Å². The third-order valence-corrected chi connectivity index (χ3v) is 6.74. The van der Waals surface area contributed by atoms with E-state index in [-0.39, 0.29) is 0 Å². The first kappa shape index (κ1) is 24.7. The first-order valence-corrected chi connectivity index (χ1v) is 12.5. The van der Waals surface area contributed by atoms with Crippen LogP contribution in [0.15, 0.2) is 71.9 Å². The number of nitrogens with zero attached hydrogens (tertiary/aromatic N) is 3. The number of thioether (sulfide) groups is 1. The van der Waals surface area contributed by atoms with Crippen molar-refractivity contribution in [2.45, 2.75) is 17.1 Å². The predicted octanol–water partition coefficient (Wildman–Crippen LogP) is 5.46. The molecule has 11 heteroatoms. The van der Waals surface area contributed by atoms with E-state index in [2.05, 4.69) is 20.5 Å². The maximum absolute atomic E-state index is 10.9. The highest BCUT2D eigenvalue weighted by molar-refractivity contribution is 7.98. The maximum atomic E-state index is 10.9. The Balaban J connectivity index is 1.46. The summed E-state index contributed by atoms with van der Waals surface area (Å²) in [5, 5.41) is 22.2. The van der Waals surface area contributed by atoms with Gasteiger partial charge in [0.2, 0.25) is 11.0 Å². The van der Waals surface area contributed by atoms with E-state index in [0.717, 1.165) is 16.8 Å². The Bertz CT molecular complexity index is 1450. The van der Waals surface area contributed by atoms with Gasteiger partial charge in [0.25, 0.3) is 0 Å². The molecule has 1 aliphatic heterocycles. The van der Waals surface area contributed by atoms with E-state index in [4.69, 9.17) is 30.9 Å². The second-order valence-corrected chi connectivity index (χ2v) is 9.26. The van der Waals surface area contributed by atoms with Crippen molar-refractivity contribution in [1.82, 2.24) is 15.2 Å². The van der Waals surface area contributed by atoms with Crippen LogP contribution in [-0.2, 0) is 10.5 Å². The summed E-state index contributed by atoms with van der Waals surface area (Å²) in [7, 11) is 1.48. The normalized spacial score (nSPS) is 13.8. The van der Waals surface area contributed by atoms with Gasteiger partial charge in [-0.25, -0.2) is 4.79 Å². The van der Waals surface area contributed by atoms with E-state index in [9.17, 15) is 4.79 Å². The molecule has 0 radical (unpaired) electrons. The molecule has 2 N–H and O–H groups in total. The molecule has 0 fully saturated rings. The standard InChI is InChI=1S/C26H21ClN4O5S/c1-34-21-12-15(10-11-20(21)35-13-22(32)33)24-28-19-9-5-3-7-17(19)23-25(36-24)29-26(31-30-23)37-14-16-6-2-4-8-18(16)27/h2-12,24,28H,13-14H2,1H3,(H,32,33)/t24-/m1/s1. The van der Waals surface area contributed by atoms with Crippen LogP contribution in [0.4, 0.5) is 5.69 Å². The molecule has 1 aliphatic rings. The lowest BCUT2D eigenvalue weighted by Crippen LogP contribution is -2.17. The van der Waals surface area contributed by atoms with Crippen LogP contribution in [0.2, 0.25) is 5.02 Å². The molecule has 37 heavy (non-hydrogen) atoms. The highest BCUT2D eigenvalue weighted by Gasteiger charge is 2.27. The van der Waals surface area contributed by atoms with Crippen molar-refractivity contribution >= 4 is 35.0 Å². The van der Waals surface area contributed by atoms with Crippen molar-refractivity contribution in [2.24, 2.45) is 0 Å². The molecule has 3 aromatic carbocycles.